The van der Waals surface area contributed by atoms with Crippen LogP contribution in [0.4, 0.5) is 0 Å². The molecule has 0 aliphatic rings. The molecule has 3 rings (SSSR count). The second-order valence-electron chi connectivity index (χ2n) is 8.02. The monoisotopic (exact) mass is 460 g/mol. The Hall–Kier alpha value is -2.98. The number of hydrogen-bond donors (Lipinski definition) is 0. The molecule has 33 heavy (non-hydrogen) atoms. The summed E-state index contributed by atoms with van der Waals surface area (Å²) in [5, 5.41) is 0. The molecule has 1 unspecified atom stereocenters. The largest absolute Gasteiger partial charge is 0.490 e. The van der Waals surface area contributed by atoms with Crippen LogP contribution < -0.4 is 4.74 Å². The van der Waals surface area contributed by atoms with Crippen LogP contribution in [0.15, 0.2) is 89.8 Å². The molecule has 0 bridgehead atoms. The average molecular weight is 461 g/mol. The van der Waals surface area contributed by atoms with E-state index in [4.69, 9.17) is 9.47 Å². The van der Waals surface area contributed by atoms with Crippen molar-refractivity contribution in [2.24, 2.45) is 0 Å². The Morgan fingerprint density at radius 1 is 0.909 bits per heavy atom. The highest BCUT2D eigenvalue weighted by molar-refractivity contribution is 8.01. The minimum absolute atomic E-state index is 0.171. The third kappa shape index (κ3) is 6.75. The van der Waals surface area contributed by atoms with Crippen LogP contribution in [0, 0.1) is 0 Å². The van der Waals surface area contributed by atoms with Crippen molar-refractivity contribution in [1.29, 1.82) is 0 Å². The number of esters is 1. The van der Waals surface area contributed by atoms with E-state index < -0.39 is 4.75 Å². The third-order valence-electron chi connectivity index (χ3n) is 5.64. The molecular weight excluding hydrogens is 428 g/mol. The Labute approximate surface area is 201 Å². The highest BCUT2D eigenvalue weighted by atomic mass is 32.2. The first-order chi connectivity index (χ1) is 15.9. The Kier molecular flexibility index (Phi) is 8.79. The molecule has 0 aromatic heterocycles. The highest BCUT2D eigenvalue weighted by Gasteiger charge is 2.34. The van der Waals surface area contributed by atoms with E-state index in [0.717, 1.165) is 10.6 Å². The van der Waals surface area contributed by atoms with Gasteiger partial charge < -0.3 is 9.47 Å². The lowest BCUT2D eigenvalue weighted by Crippen LogP contribution is -2.32. The number of hydrogen-bond acceptors (Lipinski definition) is 4. The molecule has 172 valence electrons. The summed E-state index contributed by atoms with van der Waals surface area (Å²) in [5.74, 6) is 0.632. The van der Waals surface area contributed by atoms with Crippen molar-refractivity contribution >= 4 is 23.3 Å². The van der Waals surface area contributed by atoms with Crippen molar-refractivity contribution in [3.05, 3.63) is 90.5 Å². The summed E-state index contributed by atoms with van der Waals surface area (Å²) in [6.07, 6.45) is 2.79. The molecule has 0 spiro atoms. The quantitative estimate of drug-likeness (QED) is 0.230. The molecule has 0 heterocycles. The van der Waals surface area contributed by atoms with Crippen molar-refractivity contribution in [3.63, 3.8) is 0 Å². The van der Waals surface area contributed by atoms with Crippen molar-refractivity contribution in [3.8, 4) is 16.9 Å². The summed E-state index contributed by atoms with van der Waals surface area (Å²) in [6.45, 7) is 8.76. The van der Waals surface area contributed by atoms with E-state index >= 15 is 0 Å². The second-order valence-corrected chi connectivity index (χ2v) is 9.60. The van der Waals surface area contributed by atoms with Crippen LogP contribution in [0.2, 0.25) is 0 Å². The molecule has 0 radical (unpaired) electrons. The predicted octanol–water partition coefficient (Wildman–Crippen LogP) is 7.66. The number of carbonyl (C=O) groups excluding carboxylic acids is 1. The van der Waals surface area contributed by atoms with Crippen molar-refractivity contribution in [2.75, 3.05) is 13.2 Å². The zero-order valence-corrected chi connectivity index (χ0v) is 20.7. The lowest BCUT2D eigenvalue weighted by molar-refractivity contribution is -0.145. The van der Waals surface area contributed by atoms with E-state index in [0.29, 0.717) is 19.6 Å². The Balaban J connectivity index is 1.56. The highest BCUT2D eigenvalue weighted by Crippen LogP contribution is 2.37. The second kappa shape index (κ2) is 11.8. The fourth-order valence-corrected chi connectivity index (χ4v) is 4.42. The van der Waals surface area contributed by atoms with Crippen LogP contribution in [0.1, 0.15) is 39.7 Å². The molecule has 0 amide bonds. The third-order valence-corrected chi connectivity index (χ3v) is 7.05. The topological polar surface area (TPSA) is 35.5 Å². The summed E-state index contributed by atoms with van der Waals surface area (Å²) in [5.41, 5.74) is 4.79. The molecule has 4 heteroatoms. The molecule has 3 aromatic carbocycles. The lowest BCUT2D eigenvalue weighted by Gasteiger charge is -2.25. The predicted molar refractivity (Wildman–Crippen MR) is 139 cm³/mol. The van der Waals surface area contributed by atoms with Gasteiger partial charge in [0.25, 0.3) is 0 Å². The Morgan fingerprint density at radius 3 is 2.15 bits per heavy atom. The summed E-state index contributed by atoms with van der Waals surface area (Å²) in [7, 11) is 0. The lowest BCUT2D eigenvalue weighted by atomic mass is 10.0. The first-order valence-corrected chi connectivity index (χ1v) is 12.2. The van der Waals surface area contributed by atoms with E-state index in [1.54, 1.807) is 0 Å². The molecule has 3 nitrogen and oxygen atoms in total. The maximum absolute atomic E-state index is 12.3. The number of benzene rings is 3. The van der Waals surface area contributed by atoms with Gasteiger partial charge in [-0.25, -0.2) is 0 Å². The van der Waals surface area contributed by atoms with Gasteiger partial charge in [0.1, 0.15) is 17.1 Å². The van der Waals surface area contributed by atoms with Crippen LogP contribution in [0.3, 0.4) is 0 Å². The summed E-state index contributed by atoms with van der Waals surface area (Å²) < 4.78 is 10.6. The average Bonchev–Trinajstić information content (AvgIpc) is 2.85. The summed E-state index contributed by atoms with van der Waals surface area (Å²) in [6, 6.07) is 26.9. The maximum atomic E-state index is 12.3. The fourth-order valence-electron chi connectivity index (χ4n) is 3.34. The van der Waals surface area contributed by atoms with Gasteiger partial charge in [-0.3, -0.25) is 4.79 Å². The van der Waals surface area contributed by atoms with Gasteiger partial charge in [-0.15, -0.1) is 11.8 Å². The van der Waals surface area contributed by atoms with Crippen molar-refractivity contribution < 1.29 is 14.3 Å². The van der Waals surface area contributed by atoms with Gasteiger partial charge in [-0.1, -0.05) is 61.5 Å². The molecule has 0 N–H and O–H groups in total. The van der Waals surface area contributed by atoms with Gasteiger partial charge in [0.05, 0.1) is 6.61 Å². The molecule has 0 fully saturated rings. The zero-order chi connectivity index (χ0) is 23.7. The molecule has 0 saturated carbocycles. The number of carbonyl (C=O) groups is 1. The number of ether oxygens (including phenoxy) is 2. The normalized spacial score (nSPS) is 13.3. The van der Waals surface area contributed by atoms with Gasteiger partial charge in [0.15, 0.2) is 0 Å². The van der Waals surface area contributed by atoms with Gasteiger partial charge in [-0.2, -0.15) is 0 Å². The van der Waals surface area contributed by atoms with Gasteiger partial charge >= 0.3 is 5.97 Å². The van der Waals surface area contributed by atoms with Crippen LogP contribution in [0.5, 0.6) is 5.75 Å². The summed E-state index contributed by atoms with van der Waals surface area (Å²) in [4.78, 5) is 13.3. The molecule has 0 aliphatic carbocycles. The molecule has 0 saturated heterocycles. The van der Waals surface area contributed by atoms with E-state index in [9.17, 15) is 4.79 Å². The van der Waals surface area contributed by atoms with Crippen LogP contribution in [-0.4, -0.2) is 23.9 Å². The Bertz CT molecular complexity index is 1060. The standard InChI is InChI=1S/C29H32O3S/c1-5-29(4,28(30)31-6-2)33-27-18-16-26(17-19-27)32-21-20-22(3)23-12-14-25(15-13-23)24-10-8-7-9-11-24/h7-20H,5-6,21H2,1-4H3/b22-20+. The van der Waals surface area contributed by atoms with Crippen LogP contribution in [-0.2, 0) is 9.53 Å². The van der Waals surface area contributed by atoms with Crippen LogP contribution >= 0.6 is 11.8 Å². The smallest absolute Gasteiger partial charge is 0.322 e. The maximum Gasteiger partial charge on any atom is 0.322 e. The minimum Gasteiger partial charge on any atom is -0.490 e. The van der Waals surface area contributed by atoms with E-state index in [1.165, 1.54) is 34.0 Å². The van der Waals surface area contributed by atoms with E-state index in [1.807, 2.05) is 51.1 Å². The van der Waals surface area contributed by atoms with Gasteiger partial charge in [0.2, 0.25) is 0 Å². The van der Waals surface area contributed by atoms with Crippen molar-refractivity contribution in [1.82, 2.24) is 0 Å². The number of rotatable bonds is 10. The molecule has 0 aliphatic heterocycles. The van der Waals surface area contributed by atoms with E-state index in [-0.39, 0.29) is 5.97 Å². The van der Waals surface area contributed by atoms with Gasteiger partial charge in [-0.05, 0) is 79.8 Å². The first kappa shape index (κ1) is 24.7. The molecule has 3 aromatic rings. The SMILES string of the molecule is CCOC(=O)C(C)(CC)Sc1ccc(OC/C=C(\C)c2ccc(-c3ccccc3)cc2)cc1. The first-order valence-electron chi connectivity index (χ1n) is 11.4. The number of thioether (sulfide) groups is 1. The minimum atomic E-state index is -0.589. The molecular formula is C29H32O3S. The number of allylic oxidation sites excluding steroid dienone is 1. The summed E-state index contributed by atoms with van der Waals surface area (Å²) >= 11 is 1.53. The van der Waals surface area contributed by atoms with Gasteiger partial charge in [0, 0.05) is 4.90 Å². The Morgan fingerprint density at radius 2 is 1.55 bits per heavy atom. The van der Waals surface area contributed by atoms with Crippen molar-refractivity contribution in [2.45, 2.75) is 43.8 Å². The van der Waals surface area contributed by atoms with E-state index in [2.05, 4.69) is 61.5 Å². The van der Waals surface area contributed by atoms with Crippen LogP contribution in [0.25, 0.3) is 16.7 Å². The zero-order valence-electron chi connectivity index (χ0n) is 19.8. The fraction of sp³-hybridized carbons (Fsp3) is 0.276. The molecule has 1 atom stereocenters.